The van der Waals surface area contributed by atoms with Crippen LogP contribution in [-0.4, -0.2) is 21.3 Å². The van der Waals surface area contributed by atoms with Gasteiger partial charge in [0.25, 0.3) is 0 Å². The van der Waals surface area contributed by atoms with Crippen LogP contribution in [0.25, 0.3) is 10.1 Å². The van der Waals surface area contributed by atoms with Crippen molar-refractivity contribution >= 4 is 33.0 Å². The number of ether oxygens (including phenoxy) is 3. The first-order valence-corrected chi connectivity index (χ1v) is 5.84. The Morgan fingerprint density at radius 2 is 1.75 bits per heavy atom. The summed E-state index contributed by atoms with van der Waals surface area (Å²) >= 11 is 7.61. The summed E-state index contributed by atoms with van der Waals surface area (Å²) in [4.78, 5) is 0. The van der Waals surface area contributed by atoms with Crippen molar-refractivity contribution in [2.24, 2.45) is 0 Å². The first-order valence-electron chi connectivity index (χ1n) is 4.58. The number of methoxy groups -OCH3 is 3. The Morgan fingerprint density at radius 1 is 1.06 bits per heavy atom. The fraction of sp³-hybridized carbons (Fsp3) is 0.273. The van der Waals surface area contributed by atoms with Crippen LogP contribution in [0.3, 0.4) is 0 Å². The molecule has 0 N–H and O–H groups in total. The normalized spacial score (nSPS) is 10.5. The van der Waals surface area contributed by atoms with Crippen LogP contribution >= 0.6 is 22.9 Å². The molecule has 1 heterocycles. The molecule has 0 atom stereocenters. The zero-order valence-corrected chi connectivity index (χ0v) is 10.7. The van der Waals surface area contributed by atoms with Crippen molar-refractivity contribution in [3.05, 3.63) is 16.5 Å². The molecular formula is C11H11ClO3S. The van der Waals surface area contributed by atoms with Gasteiger partial charge >= 0.3 is 0 Å². The number of benzene rings is 1. The Kier molecular flexibility index (Phi) is 3.12. The summed E-state index contributed by atoms with van der Waals surface area (Å²) in [5, 5.41) is 3.48. The summed E-state index contributed by atoms with van der Waals surface area (Å²) in [6, 6.07) is 1.86. The molecule has 0 spiro atoms. The average Bonchev–Trinajstić information content (AvgIpc) is 2.68. The van der Waals surface area contributed by atoms with Crippen LogP contribution in [0.2, 0.25) is 5.02 Å². The topological polar surface area (TPSA) is 27.7 Å². The molecule has 2 rings (SSSR count). The Hall–Kier alpha value is -1.13. The predicted octanol–water partition coefficient (Wildman–Crippen LogP) is 3.58. The zero-order chi connectivity index (χ0) is 11.7. The minimum absolute atomic E-state index is 0.594. The van der Waals surface area contributed by atoms with Gasteiger partial charge in [0.15, 0.2) is 11.5 Å². The van der Waals surface area contributed by atoms with Crippen molar-refractivity contribution < 1.29 is 14.2 Å². The third kappa shape index (κ3) is 1.58. The van der Waals surface area contributed by atoms with Gasteiger partial charge in [0.2, 0.25) is 5.75 Å². The number of rotatable bonds is 3. The number of hydrogen-bond donors (Lipinski definition) is 0. The largest absolute Gasteiger partial charge is 0.493 e. The molecule has 5 heteroatoms. The van der Waals surface area contributed by atoms with Crippen LogP contribution in [0.5, 0.6) is 17.2 Å². The smallest absolute Gasteiger partial charge is 0.204 e. The highest BCUT2D eigenvalue weighted by Crippen LogP contribution is 2.47. The molecule has 16 heavy (non-hydrogen) atoms. The van der Waals surface area contributed by atoms with E-state index in [-0.39, 0.29) is 0 Å². The molecule has 0 saturated heterocycles. The third-order valence-corrected chi connectivity index (χ3v) is 3.76. The summed E-state index contributed by atoms with van der Waals surface area (Å²) < 4.78 is 16.9. The Labute approximate surface area is 102 Å². The maximum absolute atomic E-state index is 6.08. The maximum Gasteiger partial charge on any atom is 0.204 e. The van der Waals surface area contributed by atoms with Crippen molar-refractivity contribution in [3.63, 3.8) is 0 Å². The van der Waals surface area contributed by atoms with E-state index in [9.17, 15) is 0 Å². The van der Waals surface area contributed by atoms with Crippen LogP contribution in [0.15, 0.2) is 11.4 Å². The van der Waals surface area contributed by atoms with Crippen LogP contribution in [0.1, 0.15) is 0 Å². The van der Waals surface area contributed by atoms with Gasteiger partial charge in [0.05, 0.1) is 31.1 Å². The standard InChI is InChI=1S/C11H11ClO3S/c1-13-8-4-6-7(12)5-16-11(6)10(15-3)9(8)14-2/h4-5H,1-3H3. The molecule has 0 fully saturated rings. The van der Waals surface area contributed by atoms with Crippen LogP contribution < -0.4 is 14.2 Å². The molecule has 1 aromatic carbocycles. The van der Waals surface area contributed by atoms with E-state index in [2.05, 4.69) is 0 Å². The first-order chi connectivity index (χ1) is 7.72. The lowest BCUT2D eigenvalue weighted by atomic mass is 10.2. The van der Waals surface area contributed by atoms with Crippen molar-refractivity contribution in [2.75, 3.05) is 21.3 Å². The van der Waals surface area contributed by atoms with Crippen LogP contribution in [-0.2, 0) is 0 Å². The fourth-order valence-corrected chi connectivity index (χ4v) is 2.86. The van der Waals surface area contributed by atoms with Gasteiger partial charge in [-0.1, -0.05) is 11.6 Å². The zero-order valence-electron chi connectivity index (χ0n) is 9.17. The van der Waals surface area contributed by atoms with Gasteiger partial charge in [0.1, 0.15) is 0 Å². The lowest BCUT2D eigenvalue weighted by molar-refractivity contribution is 0.327. The van der Waals surface area contributed by atoms with E-state index in [1.54, 1.807) is 21.3 Å². The SMILES string of the molecule is COc1cc2c(Cl)csc2c(OC)c1OC. The van der Waals surface area contributed by atoms with E-state index in [0.717, 1.165) is 10.1 Å². The number of fused-ring (bicyclic) bond motifs is 1. The molecule has 0 aliphatic carbocycles. The highest BCUT2D eigenvalue weighted by Gasteiger charge is 2.18. The molecule has 0 amide bonds. The molecule has 2 aromatic rings. The molecule has 0 saturated carbocycles. The van der Waals surface area contributed by atoms with Crippen molar-refractivity contribution in [1.82, 2.24) is 0 Å². The lowest BCUT2D eigenvalue weighted by Crippen LogP contribution is -1.94. The lowest BCUT2D eigenvalue weighted by Gasteiger charge is -2.12. The second-order valence-electron chi connectivity index (χ2n) is 3.11. The second-order valence-corrected chi connectivity index (χ2v) is 4.39. The second kappa shape index (κ2) is 4.39. The first kappa shape index (κ1) is 11.4. The van der Waals surface area contributed by atoms with Gasteiger partial charge in [-0.25, -0.2) is 0 Å². The number of thiophene rings is 1. The number of halogens is 1. The van der Waals surface area contributed by atoms with Gasteiger partial charge < -0.3 is 14.2 Å². The quantitative estimate of drug-likeness (QED) is 0.842. The van der Waals surface area contributed by atoms with Gasteiger partial charge in [-0.3, -0.25) is 0 Å². The van der Waals surface area contributed by atoms with E-state index >= 15 is 0 Å². The molecular weight excluding hydrogens is 248 g/mol. The van der Waals surface area contributed by atoms with Crippen LogP contribution in [0.4, 0.5) is 0 Å². The van der Waals surface area contributed by atoms with E-state index < -0.39 is 0 Å². The number of hydrogen-bond acceptors (Lipinski definition) is 4. The Morgan fingerprint density at radius 3 is 2.31 bits per heavy atom. The van der Waals surface area contributed by atoms with Gasteiger partial charge in [0, 0.05) is 10.8 Å². The monoisotopic (exact) mass is 258 g/mol. The average molecular weight is 259 g/mol. The van der Waals surface area contributed by atoms with Gasteiger partial charge in [-0.05, 0) is 6.07 Å². The van der Waals surface area contributed by atoms with Crippen molar-refractivity contribution in [3.8, 4) is 17.2 Å². The summed E-state index contributed by atoms with van der Waals surface area (Å²) in [6.45, 7) is 0. The summed E-state index contributed by atoms with van der Waals surface area (Å²) in [7, 11) is 4.77. The third-order valence-electron chi connectivity index (χ3n) is 2.32. The summed E-state index contributed by atoms with van der Waals surface area (Å²) in [5.74, 6) is 1.87. The highest BCUT2D eigenvalue weighted by molar-refractivity contribution is 7.18. The van der Waals surface area contributed by atoms with Crippen molar-refractivity contribution in [1.29, 1.82) is 0 Å². The van der Waals surface area contributed by atoms with Gasteiger partial charge in [-0.15, -0.1) is 11.3 Å². The Balaban J connectivity index is 2.83. The maximum atomic E-state index is 6.08. The minimum atomic E-state index is 0.594. The molecule has 0 unspecified atom stereocenters. The van der Waals surface area contributed by atoms with Crippen molar-refractivity contribution in [2.45, 2.75) is 0 Å². The van der Waals surface area contributed by atoms with E-state index in [1.807, 2.05) is 11.4 Å². The molecule has 0 aliphatic heterocycles. The molecule has 1 aromatic heterocycles. The van der Waals surface area contributed by atoms with Crippen LogP contribution in [0, 0.1) is 0 Å². The fourth-order valence-electron chi connectivity index (χ4n) is 1.60. The van der Waals surface area contributed by atoms with E-state index in [1.165, 1.54) is 11.3 Å². The van der Waals surface area contributed by atoms with E-state index in [0.29, 0.717) is 22.3 Å². The Bertz CT molecular complexity index is 521. The molecule has 0 radical (unpaired) electrons. The molecule has 3 nitrogen and oxygen atoms in total. The highest BCUT2D eigenvalue weighted by atomic mass is 35.5. The summed E-state index contributed by atoms with van der Waals surface area (Å²) in [6.07, 6.45) is 0. The molecule has 0 bridgehead atoms. The molecule has 0 aliphatic rings. The van der Waals surface area contributed by atoms with Gasteiger partial charge in [-0.2, -0.15) is 0 Å². The minimum Gasteiger partial charge on any atom is -0.493 e. The predicted molar refractivity (Wildman–Crippen MR) is 66.5 cm³/mol. The van der Waals surface area contributed by atoms with E-state index in [4.69, 9.17) is 25.8 Å². The molecule has 86 valence electrons. The summed E-state index contributed by atoms with van der Waals surface area (Å²) in [5.41, 5.74) is 0.